The largest absolute Gasteiger partial charge is 0.397 e. The van der Waals surface area contributed by atoms with Crippen molar-refractivity contribution >= 4 is 29.3 Å². The number of nitrogens with zero attached hydrogens (tertiary/aromatic N) is 2. The Morgan fingerprint density at radius 1 is 1.50 bits per heavy atom. The van der Waals surface area contributed by atoms with E-state index in [1.165, 1.54) is 16.7 Å². The summed E-state index contributed by atoms with van der Waals surface area (Å²) in [5.41, 5.74) is 6.31. The number of amides is 2. The Labute approximate surface area is 110 Å². The smallest absolute Gasteiger partial charge is 0.243 e. The Bertz CT molecular complexity index is 490. The molecule has 2 N–H and O–H groups in total. The Morgan fingerprint density at radius 2 is 2.22 bits per heavy atom. The minimum atomic E-state index is -0.371. The number of imide groups is 1. The first-order chi connectivity index (χ1) is 8.50. The van der Waals surface area contributed by atoms with E-state index >= 15 is 0 Å². The van der Waals surface area contributed by atoms with Gasteiger partial charge in [0.1, 0.15) is 0 Å². The minimum Gasteiger partial charge on any atom is -0.397 e. The lowest BCUT2D eigenvalue weighted by Crippen LogP contribution is -2.37. The zero-order valence-electron chi connectivity index (χ0n) is 10.3. The number of nitrogens with two attached hydrogens (primary N) is 1. The van der Waals surface area contributed by atoms with Gasteiger partial charge >= 0.3 is 0 Å². The van der Waals surface area contributed by atoms with Gasteiger partial charge in [0, 0.05) is 23.6 Å². The van der Waals surface area contributed by atoms with Crippen LogP contribution in [-0.2, 0) is 9.59 Å². The summed E-state index contributed by atoms with van der Waals surface area (Å²) in [6.07, 6.45) is 3.41. The molecule has 18 heavy (non-hydrogen) atoms. The molecule has 0 aromatic carbocycles. The topological polar surface area (TPSA) is 76.3 Å². The Morgan fingerprint density at radius 3 is 2.78 bits per heavy atom. The van der Waals surface area contributed by atoms with E-state index in [9.17, 15) is 9.59 Å². The van der Waals surface area contributed by atoms with Crippen molar-refractivity contribution < 1.29 is 9.59 Å². The molecule has 0 spiro atoms. The number of pyridine rings is 1. The number of carbonyl (C=O) groups excluding carboxylic acids is 2. The Hall–Kier alpha value is -1.56. The van der Waals surface area contributed by atoms with Crippen molar-refractivity contribution in [3.63, 3.8) is 0 Å². The number of nitrogen functional groups attached to an aromatic ring is 1. The average molecular weight is 265 g/mol. The van der Waals surface area contributed by atoms with Crippen molar-refractivity contribution in [1.29, 1.82) is 0 Å². The fourth-order valence-electron chi connectivity index (χ4n) is 1.91. The van der Waals surface area contributed by atoms with E-state index in [4.69, 9.17) is 5.73 Å². The van der Waals surface area contributed by atoms with Gasteiger partial charge in [-0.25, -0.2) is 0 Å². The van der Waals surface area contributed by atoms with Crippen molar-refractivity contribution in [3.8, 4) is 0 Å². The van der Waals surface area contributed by atoms with Crippen LogP contribution in [-0.4, -0.2) is 33.0 Å². The molecule has 0 saturated carbocycles. The van der Waals surface area contributed by atoms with Gasteiger partial charge in [0.2, 0.25) is 11.8 Å². The number of hydrogen-bond acceptors (Lipinski definition) is 5. The molecule has 2 heterocycles. The summed E-state index contributed by atoms with van der Waals surface area (Å²) < 4.78 is 0. The molecule has 96 valence electrons. The summed E-state index contributed by atoms with van der Waals surface area (Å²) in [5.74, 6) is -0.240. The molecule has 2 amide bonds. The lowest BCUT2D eigenvalue weighted by Gasteiger charge is -2.18. The molecule has 5 nitrogen and oxygen atoms in total. The zero-order valence-corrected chi connectivity index (χ0v) is 11.1. The summed E-state index contributed by atoms with van der Waals surface area (Å²) >= 11 is 1.33. The molecule has 1 atom stereocenters. The highest BCUT2D eigenvalue weighted by Crippen LogP contribution is 2.34. The van der Waals surface area contributed by atoms with Crippen molar-refractivity contribution in [1.82, 2.24) is 9.88 Å². The van der Waals surface area contributed by atoms with Crippen molar-refractivity contribution in [2.45, 2.75) is 36.5 Å². The molecule has 1 aliphatic rings. The van der Waals surface area contributed by atoms with Crippen LogP contribution >= 0.6 is 11.8 Å². The molecular formula is C12H15N3O2S. The van der Waals surface area contributed by atoms with Gasteiger partial charge < -0.3 is 5.73 Å². The third-order valence-electron chi connectivity index (χ3n) is 2.74. The molecule has 0 bridgehead atoms. The molecule has 1 saturated heterocycles. The average Bonchev–Trinajstić information content (AvgIpc) is 2.57. The van der Waals surface area contributed by atoms with Crippen molar-refractivity contribution in [2.75, 3.05) is 5.73 Å². The molecule has 2 rings (SSSR count). The van der Waals surface area contributed by atoms with E-state index in [-0.39, 0.29) is 29.5 Å². The zero-order chi connectivity index (χ0) is 13.3. The van der Waals surface area contributed by atoms with E-state index in [2.05, 4.69) is 4.98 Å². The van der Waals surface area contributed by atoms with Crippen LogP contribution in [0.25, 0.3) is 0 Å². The molecule has 0 aliphatic carbocycles. The maximum Gasteiger partial charge on any atom is 0.243 e. The van der Waals surface area contributed by atoms with Gasteiger partial charge in [0.15, 0.2) is 0 Å². The van der Waals surface area contributed by atoms with Crippen molar-refractivity contribution in [2.24, 2.45) is 0 Å². The molecule has 1 fully saturated rings. The van der Waals surface area contributed by atoms with E-state index in [1.54, 1.807) is 18.5 Å². The van der Waals surface area contributed by atoms with Crippen LogP contribution in [0.4, 0.5) is 5.69 Å². The number of rotatable bonds is 3. The van der Waals surface area contributed by atoms with Crippen LogP contribution in [0.1, 0.15) is 20.3 Å². The number of hydrogen-bond donors (Lipinski definition) is 1. The third-order valence-corrected chi connectivity index (χ3v) is 4.02. The first-order valence-corrected chi connectivity index (χ1v) is 6.60. The summed E-state index contributed by atoms with van der Waals surface area (Å²) in [7, 11) is 0. The van der Waals surface area contributed by atoms with E-state index in [1.807, 2.05) is 13.8 Å². The monoisotopic (exact) mass is 265 g/mol. The maximum atomic E-state index is 12.1. The second-order valence-corrected chi connectivity index (χ2v) is 5.66. The summed E-state index contributed by atoms with van der Waals surface area (Å²) in [6, 6.07) is 1.67. The van der Waals surface area contributed by atoms with Gasteiger partial charge in [-0.15, -0.1) is 11.8 Å². The quantitative estimate of drug-likeness (QED) is 0.833. The minimum absolute atomic E-state index is 0.0922. The fraction of sp³-hybridized carbons (Fsp3) is 0.417. The molecule has 0 radical (unpaired) electrons. The third kappa shape index (κ3) is 2.33. The van der Waals surface area contributed by atoms with Crippen LogP contribution in [0, 0.1) is 0 Å². The number of carbonyl (C=O) groups is 2. The lowest BCUT2D eigenvalue weighted by atomic mass is 10.3. The lowest BCUT2D eigenvalue weighted by molar-refractivity contribution is -0.140. The highest BCUT2D eigenvalue weighted by atomic mass is 32.2. The molecular weight excluding hydrogens is 250 g/mol. The summed E-state index contributed by atoms with van der Waals surface area (Å²) in [5, 5.41) is -0.371. The molecule has 6 heteroatoms. The van der Waals surface area contributed by atoms with Crippen molar-refractivity contribution in [3.05, 3.63) is 18.5 Å². The fourth-order valence-corrected chi connectivity index (χ4v) is 2.99. The second kappa shape index (κ2) is 4.97. The van der Waals surface area contributed by atoms with Gasteiger partial charge in [-0.05, 0) is 19.9 Å². The molecule has 1 aromatic rings. The normalized spacial score (nSPS) is 19.9. The van der Waals surface area contributed by atoms with Gasteiger partial charge in [-0.2, -0.15) is 0 Å². The Balaban J connectivity index is 2.15. The standard InChI is InChI=1S/C12H15N3O2S/c1-7(2)15-11(16)5-10(12(15)17)18-9-3-4-14-6-8(9)13/h3-4,6-7,10H,5,13H2,1-2H3. The maximum absolute atomic E-state index is 12.1. The molecule has 1 unspecified atom stereocenters. The van der Waals surface area contributed by atoms with Crippen LogP contribution < -0.4 is 5.73 Å². The number of anilines is 1. The van der Waals surface area contributed by atoms with Gasteiger partial charge in [-0.3, -0.25) is 19.5 Å². The Kier molecular flexibility index (Phi) is 3.56. The highest BCUT2D eigenvalue weighted by molar-refractivity contribution is 8.00. The predicted molar refractivity (Wildman–Crippen MR) is 69.9 cm³/mol. The first kappa shape index (κ1) is 12.9. The van der Waals surface area contributed by atoms with Gasteiger partial charge in [-0.1, -0.05) is 0 Å². The van der Waals surface area contributed by atoms with E-state index < -0.39 is 0 Å². The van der Waals surface area contributed by atoms with Gasteiger partial charge in [0.05, 0.1) is 17.1 Å². The van der Waals surface area contributed by atoms with E-state index in [0.717, 1.165) is 4.90 Å². The molecule has 1 aromatic heterocycles. The SMILES string of the molecule is CC(C)N1C(=O)CC(Sc2ccncc2N)C1=O. The first-order valence-electron chi connectivity index (χ1n) is 5.72. The van der Waals surface area contributed by atoms with Gasteiger partial charge in [0.25, 0.3) is 0 Å². The number of thioether (sulfide) groups is 1. The van der Waals surface area contributed by atoms with Crippen LogP contribution in [0.3, 0.4) is 0 Å². The van der Waals surface area contributed by atoms with Crippen LogP contribution in [0.5, 0.6) is 0 Å². The molecule has 1 aliphatic heterocycles. The van der Waals surface area contributed by atoms with E-state index in [0.29, 0.717) is 5.69 Å². The van der Waals surface area contributed by atoms with Crippen LogP contribution in [0.15, 0.2) is 23.4 Å². The predicted octanol–water partition coefficient (Wildman–Crippen LogP) is 1.29. The number of aromatic nitrogens is 1. The summed E-state index contributed by atoms with van der Waals surface area (Å²) in [4.78, 5) is 29.9. The number of likely N-dealkylation sites (tertiary alicyclic amines) is 1. The second-order valence-electron chi connectivity index (χ2n) is 4.42. The summed E-state index contributed by atoms with van der Waals surface area (Å²) in [6.45, 7) is 3.67. The highest BCUT2D eigenvalue weighted by Gasteiger charge is 2.40. The van der Waals surface area contributed by atoms with Crippen LogP contribution in [0.2, 0.25) is 0 Å².